The molecule has 174 valence electrons. The Morgan fingerprint density at radius 2 is 1.70 bits per heavy atom. The van der Waals surface area contributed by atoms with E-state index in [2.05, 4.69) is 0 Å². The predicted molar refractivity (Wildman–Crippen MR) is 122 cm³/mol. The highest BCUT2D eigenvalue weighted by molar-refractivity contribution is 6.32. The van der Waals surface area contributed by atoms with Crippen LogP contribution in [0.3, 0.4) is 0 Å². The van der Waals surface area contributed by atoms with Crippen molar-refractivity contribution in [2.24, 2.45) is 0 Å². The largest absolute Gasteiger partial charge is 0.480 e. The molecule has 1 aliphatic rings. The summed E-state index contributed by atoms with van der Waals surface area (Å²) in [5.74, 6) is -0.800. The molecule has 2 atom stereocenters. The van der Waals surface area contributed by atoms with Crippen molar-refractivity contribution in [3.63, 3.8) is 0 Å². The molecule has 3 aromatic rings. The first-order valence-electron chi connectivity index (χ1n) is 10.7. The third kappa shape index (κ3) is 5.54. The summed E-state index contributed by atoms with van der Waals surface area (Å²) in [5.41, 5.74) is 1.02. The van der Waals surface area contributed by atoms with Crippen LogP contribution in [-0.4, -0.2) is 59.2 Å². The third-order valence-electron chi connectivity index (χ3n) is 5.55. The van der Waals surface area contributed by atoms with E-state index < -0.39 is 23.7 Å². The Balaban J connectivity index is 1.64. The number of carboxylic acids is 1. The normalized spacial score (nSPS) is 16.4. The summed E-state index contributed by atoms with van der Waals surface area (Å²) in [6, 6.07) is 17.5. The Labute approximate surface area is 195 Å². The molecule has 0 bridgehead atoms. The molecular formula is C24H25ClN2O6. The quantitative estimate of drug-likeness (QED) is 0.511. The lowest BCUT2D eigenvalue weighted by Gasteiger charge is -2.36. The number of nitrogens with zero attached hydrogens (tertiary/aromatic N) is 2. The average molecular weight is 473 g/mol. The number of aliphatic carboxylic acids is 1. The minimum atomic E-state index is -1.04. The van der Waals surface area contributed by atoms with Gasteiger partial charge in [0.25, 0.3) is 0 Å². The van der Waals surface area contributed by atoms with Gasteiger partial charge >= 0.3 is 11.5 Å². The fourth-order valence-electron chi connectivity index (χ4n) is 3.88. The van der Waals surface area contributed by atoms with E-state index >= 15 is 0 Å². The molecular weight excluding hydrogens is 448 g/mol. The number of morpholine rings is 1. The molecule has 2 heterocycles. The number of aromatic nitrogens is 1. The van der Waals surface area contributed by atoms with Gasteiger partial charge in [-0.15, -0.1) is 0 Å². The molecule has 1 fully saturated rings. The van der Waals surface area contributed by atoms with Gasteiger partial charge < -0.3 is 19.1 Å². The van der Waals surface area contributed by atoms with Gasteiger partial charge in [0.1, 0.15) is 12.1 Å². The summed E-state index contributed by atoms with van der Waals surface area (Å²) in [6.45, 7) is 1.84. The molecule has 33 heavy (non-hydrogen) atoms. The number of benzene rings is 2. The van der Waals surface area contributed by atoms with E-state index in [4.69, 9.17) is 25.6 Å². The van der Waals surface area contributed by atoms with Crippen molar-refractivity contribution in [3.8, 4) is 11.3 Å². The molecule has 1 aromatic heterocycles. The van der Waals surface area contributed by atoms with Crippen molar-refractivity contribution in [1.82, 2.24) is 9.64 Å². The number of rotatable bonds is 9. The van der Waals surface area contributed by atoms with Crippen LogP contribution in [0.4, 0.5) is 0 Å². The van der Waals surface area contributed by atoms with E-state index in [1.54, 1.807) is 17.0 Å². The van der Waals surface area contributed by atoms with E-state index in [9.17, 15) is 14.7 Å². The maximum absolute atomic E-state index is 12.8. The summed E-state index contributed by atoms with van der Waals surface area (Å²) in [7, 11) is 0. The zero-order valence-electron chi connectivity index (χ0n) is 17.9. The minimum Gasteiger partial charge on any atom is -0.480 e. The van der Waals surface area contributed by atoms with Gasteiger partial charge in [-0.3, -0.25) is 14.5 Å². The van der Waals surface area contributed by atoms with Crippen LogP contribution in [0, 0.1) is 0 Å². The summed E-state index contributed by atoms with van der Waals surface area (Å²) < 4.78 is 18.3. The number of carbonyl (C=O) groups is 1. The van der Waals surface area contributed by atoms with E-state index in [1.165, 1.54) is 0 Å². The molecule has 1 aliphatic heterocycles. The van der Waals surface area contributed by atoms with Crippen LogP contribution in [0.25, 0.3) is 11.3 Å². The van der Waals surface area contributed by atoms with Gasteiger partial charge in [0.15, 0.2) is 10.8 Å². The van der Waals surface area contributed by atoms with Crippen LogP contribution in [0.2, 0.25) is 5.02 Å². The van der Waals surface area contributed by atoms with Gasteiger partial charge in [-0.05, 0) is 5.56 Å². The minimum absolute atomic E-state index is 0.0544. The van der Waals surface area contributed by atoms with Gasteiger partial charge in [0.2, 0.25) is 0 Å². The number of halogens is 1. The number of ether oxygens (including phenoxy) is 2. The monoisotopic (exact) mass is 472 g/mol. The lowest BCUT2D eigenvalue weighted by molar-refractivity contribution is -0.155. The lowest BCUT2D eigenvalue weighted by atomic mass is 10.1. The zero-order chi connectivity index (χ0) is 23.2. The molecule has 0 saturated carbocycles. The molecule has 1 N–H and O–H groups in total. The average Bonchev–Trinajstić information content (AvgIpc) is 3.13. The highest BCUT2D eigenvalue weighted by atomic mass is 35.5. The molecule has 0 radical (unpaired) electrons. The van der Waals surface area contributed by atoms with Gasteiger partial charge in [-0.2, -0.15) is 4.74 Å². The fourth-order valence-corrected chi connectivity index (χ4v) is 4.12. The van der Waals surface area contributed by atoms with Crippen LogP contribution in [0.1, 0.15) is 5.56 Å². The first kappa shape index (κ1) is 23.3. The summed E-state index contributed by atoms with van der Waals surface area (Å²) >= 11 is 6.28. The van der Waals surface area contributed by atoms with Gasteiger partial charge in [0, 0.05) is 18.7 Å². The van der Waals surface area contributed by atoms with Gasteiger partial charge in [-0.25, -0.2) is 0 Å². The first-order valence-corrected chi connectivity index (χ1v) is 11.1. The molecule has 2 aromatic carbocycles. The first-order chi connectivity index (χ1) is 16.0. The molecule has 1 saturated heterocycles. The third-order valence-corrected chi connectivity index (χ3v) is 5.88. The Morgan fingerprint density at radius 1 is 1.06 bits per heavy atom. The van der Waals surface area contributed by atoms with Crippen LogP contribution >= 0.6 is 11.6 Å². The number of hydrogen-bond donors (Lipinski definition) is 1. The van der Waals surface area contributed by atoms with Crippen LogP contribution in [-0.2, 0) is 27.4 Å². The van der Waals surface area contributed by atoms with Crippen molar-refractivity contribution in [2.45, 2.75) is 25.3 Å². The Bertz CT molecular complexity index is 1110. The van der Waals surface area contributed by atoms with E-state index in [0.717, 1.165) is 10.3 Å². The zero-order valence-corrected chi connectivity index (χ0v) is 18.7. The topological polar surface area (TPSA) is 94.1 Å². The predicted octanol–water partition coefficient (Wildman–Crippen LogP) is 3.13. The standard InChI is InChI=1S/C24H25ClN2O6/c25-20-22(18-9-5-2-6-10-18)33-27(23(20)28)15-19(32-16-17-7-3-1-4-8-17)21(24(29)30)26-11-13-31-14-12-26/h1-10,19,21H,11-16H2,(H,29,30). The van der Waals surface area contributed by atoms with Gasteiger partial charge in [-0.1, -0.05) is 72.3 Å². The van der Waals surface area contributed by atoms with Crippen molar-refractivity contribution in [3.05, 3.63) is 81.6 Å². The van der Waals surface area contributed by atoms with Crippen LogP contribution < -0.4 is 5.56 Å². The van der Waals surface area contributed by atoms with E-state index in [1.807, 2.05) is 48.5 Å². The highest BCUT2D eigenvalue weighted by Crippen LogP contribution is 2.26. The summed E-state index contributed by atoms with van der Waals surface area (Å²) in [4.78, 5) is 27.0. The molecule has 0 amide bonds. The fraction of sp³-hybridized carbons (Fsp3) is 0.333. The molecule has 9 heteroatoms. The number of carboxylic acid groups (broad SMARTS) is 1. The maximum Gasteiger partial charge on any atom is 0.323 e. The second-order valence-electron chi connectivity index (χ2n) is 7.73. The van der Waals surface area contributed by atoms with Crippen molar-refractivity contribution in [1.29, 1.82) is 0 Å². The smallest absolute Gasteiger partial charge is 0.323 e. The van der Waals surface area contributed by atoms with Crippen molar-refractivity contribution in [2.75, 3.05) is 26.3 Å². The SMILES string of the molecule is O=C(O)C(C(Cn1oc(-c2ccccc2)c(Cl)c1=O)OCc1ccccc1)N1CCOCC1. The van der Waals surface area contributed by atoms with Gasteiger partial charge in [0.05, 0.1) is 26.4 Å². The van der Waals surface area contributed by atoms with Crippen molar-refractivity contribution >= 4 is 17.6 Å². The lowest BCUT2D eigenvalue weighted by Crippen LogP contribution is -2.55. The molecule has 8 nitrogen and oxygen atoms in total. The summed E-state index contributed by atoms with van der Waals surface area (Å²) in [6.07, 6.45) is -0.871. The summed E-state index contributed by atoms with van der Waals surface area (Å²) in [5, 5.41) is 10.0. The van der Waals surface area contributed by atoms with Crippen LogP contribution in [0.15, 0.2) is 70.0 Å². The van der Waals surface area contributed by atoms with Crippen LogP contribution in [0.5, 0.6) is 0 Å². The highest BCUT2D eigenvalue weighted by Gasteiger charge is 2.37. The molecule has 0 spiro atoms. The number of hydrogen-bond acceptors (Lipinski definition) is 6. The van der Waals surface area contributed by atoms with E-state index in [-0.39, 0.29) is 23.9 Å². The second kappa shape index (κ2) is 10.8. The Hall–Kier alpha value is -2.91. The van der Waals surface area contributed by atoms with Crippen molar-refractivity contribution < 1.29 is 23.9 Å². The Morgan fingerprint density at radius 3 is 2.33 bits per heavy atom. The molecule has 4 rings (SSSR count). The van der Waals surface area contributed by atoms with E-state index in [0.29, 0.717) is 31.9 Å². The second-order valence-corrected chi connectivity index (χ2v) is 8.11. The molecule has 2 unspecified atom stereocenters. The Kier molecular flexibility index (Phi) is 7.61. The maximum atomic E-state index is 12.8. The molecule has 0 aliphatic carbocycles.